The van der Waals surface area contributed by atoms with Gasteiger partial charge in [-0.15, -0.1) is 12.6 Å². The van der Waals surface area contributed by atoms with Crippen molar-refractivity contribution in [2.75, 3.05) is 0 Å². The molecular formula is C48H50S. The first-order valence-corrected chi connectivity index (χ1v) is 17.8. The SMILES string of the molecule is C=C\C=C/C(=C\C)C(=C(/S)Cc1ccccc1)/C(=C/C(/C=C\C)=C/C=C/C1=c2ccccc2=CC(/C=C\CCCC)C1=C)c1ccccc1. The van der Waals surface area contributed by atoms with E-state index in [-0.39, 0.29) is 5.92 Å². The van der Waals surface area contributed by atoms with Gasteiger partial charge in [-0.05, 0) is 86.3 Å². The first-order chi connectivity index (χ1) is 24.0. The van der Waals surface area contributed by atoms with Crippen LogP contribution in [0.4, 0.5) is 0 Å². The van der Waals surface area contributed by atoms with Crippen molar-refractivity contribution in [3.05, 3.63) is 220 Å². The van der Waals surface area contributed by atoms with Gasteiger partial charge in [-0.25, -0.2) is 0 Å². The van der Waals surface area contributed by atoms with Gasteiger partial charge in [-0.3, -0.25) is 0 Å². The lowest BCUT2D eigenvalue weighted by Crippen LogP contribution is -2.31. The fourth-order valence-electron chi connectivity index (χ4n) is 6.00. The molecular weight excluding hydrogens is 609 g/mol. The zero-order chi connectivity index (χ0) is 34.8. The van der Waals surface area contributed by atoms with Crippen LogP contribution >= 0.6 is 12.6 Å². The van der Waals surface area contributed by atoms with Gasteiger partial charge in [0.15, 0.2) is 0 Å². The number of thiol groups is 1. The van der Waals surface area contributed by atoms with Crippen molar-refractivity contribution < 1.29 is 0 Å². The summed E-state index contributed by atoms with van der Waals surface area (Å²) >= 11 is 5.20. The van der Waals surface area contributed by atoms with Gasteiger partial charge >= 0.3 is 0 Å². The van der Waals surface area contributed by atoms with Crippen molar-refractivity contribution in [2.45, 2.75) is 46.5 Å². The monoisotopic (exact) mass is 658 g/mol. The molecule has 0 nitrogen and oxygen atoms in total. The second-order valence-corrected chi connectivity index (χ2v) is 12.6. The van der Waals surface area contributed by atoms with Crippen molar-refractivity contribution in [1.29, 1.82) is 0 Å². The Balaban J connectivity index is 1.86. The molecule has 0 amide bonds. The van der Waals surface area contributed by atoms with Gasteiger partial charge < -0.3 is 0 Å². The highest BCUT2D eigenvalue weighted by molar-refractivity contribution is 7.84. The number of hydrogen-bond donors (Lipinski definition) is 1. The largest absolute Gasteiger partial charge is 0.147 e. The molecule has 1 heteroatoms. The quantitative estimate of drug-likeness (QED) is 0.0714. The predicted molar refractivity (Wildman–Crippen MR) is 221 cm³/mol. The van der Waals surface area contributed by atoms with Gasteiger partial charge in [0.05, 0.1) is 0 Å². The van der Waals surface area contributed by atoms with E-state index in [4.69, 9.17) is 12.6 Å². The molecule has 4 rings (SSSR count). The normalized spacial score (nSPS) is 16.5. The number of unbranched alkanes of at least 4 members (excludes halogenated alkanes) is 2. The molecule has 1 atom stereocenters. The Morgan fingerprint density at radius 1 is 0.878 bits per heavy atom. The summed E-state index contributed by atoms with van der Waals surface area (Å²) in [5.41, 5.74) is 9.01. The highest BCUT2D eigenvalue weighted by Crippen LogP contribution is 2.36. The van der Waals surface area contributed by atoms with Crippen LogP contribution in [0.25, 0.3) is 17.2 Å². The lowest BCUT2D eigenvalue weighted by Gasteiger charge is -2.19. The van der Waals surface area contributed by atoms with Crippen LogP contribution in [0.3, 0.4) is 0 Å². The van der Waals surface area contributed by atoms with Crippen LogP contribution in [-0.4, -0.2) is 0 Å². The van der Waals surface area contributed by atoms with Gasteiger partial charge in [-0.1, -0.05) is 191 Å². The highest BCUT2D eigenvalue weighted by atomic mass is 32.1. The van der Waals surface area contributed by atoms with Gasteiger partial charge in [-0.2, -0.15) is 0 Å². The number of hydrogen-bond acceptors (Lipinski definition) is 1. The Bertz CT molecular complexity index is 1950. The Labute approximate surface area is 300 Å². The third kappa shape index (κ3) is 10.6. The molecule has 3 aromatic rings. The summed E-state index contributed by atoms with van der Waals surface area (Å²) in [7, 11) is 0. The van der Waals surface area contributed by atoms with Crippen LogP contribution in [0.2, 0.25) is 0 Å². The van der Waals surface area contributed by atoms with E-state index < -0.39 is 0 Å². The second-order valence-electron chi connectivity index (χ2n) is 12.1. The van der Waals surface area contributed by atoms with E-state index in [9.17, 15) is 0 Å². The zero-order valence-electron chi connectivity index (χ0n) is 29.4. The maximum atomic E-state index is 5.20. The van der Waals surface area contributed by atoms with E-state index in [0.29, 0.717) is 0 Å². The van der Waals surface area contributed by atoms with E-state index in [1.807, 2.05) is 12.2 Å². The second kappa shape index (κ2) is 19.8. The topological polar surface area (TPSA) is 0 Å². The van der Waals surface area contributed by atoms with Crippen molar-refractivity contribution >= 4 is 29.9 Å². The number of benzene rings is 3. The standard InChI is InChI=1S/C48H50S/c1-6-10-12-17-30-42-36-43-31-20-21-32-45(43)44(37(42)5)33-22-26-38(23-8-3)34-46(41-28-18-14-19-29-41)48(40(9-4)27-11-7-2)47(49)35-39-24-15-13-16-25-39/h7-9,11,13-34,36,42,49H,2,5-6,10,12,35H2,1,3-4H3/b23-8-,27-11-,30-17-,33-22+,38-26+,40-9+,46-34+,48-47-. The lowest BCUT2D eigenvalue weighted by molar-refractivity contribution is 0.810. The molecule has 0 aliphatic heterocycles. The number of fused-ring (bicyclic) bond motifs is 1. The molecule has 3 aromatic carbocycles. The summed E-state index contributed by atoms with van der Waals surface area (Å²) in [6, 6.07) is 29.8. The lowest BCUT2D eigenvalue weighted by atomic mass is 9.86. The third-order valence-corrected chi connectivity index (χ3v) is 8.90. The molecule has 0 fully saturated rings. The Kier molecular flexibility index (Phi) is 15.0. The van der Waals surface area contributed by atoms with Gasteiger partial charge in [0.2, 0.25) is 0 Å². The molecule has 0 bridgehead atoms. The maximum Gasteiger partial charge on any atom is 0.0208 e. The summed E-state index contributed by atoms with van der Waals surface area (Å²) < 4.78 is 0. The number of allylic oxidation sites excluding steroid dienone is 18. The average Bonchev–Trinajstić information content (AvgIpc) is 3.13. The van der Waals surface area contributed by atoms with Crippen molar-refractivity contribution in [1.82, 2.24) is 0 Å². The van der Waals surface area contributed by atoms with E-state index in [2.05, 4.69) is 186 Å². The van der Waals surface area contributed by atoms with Crippen LogP contribution in [0.5, 0.6) is 0 Å². The van der Waals surface area contributed by atoms with Crippen LogP contribution in [-0.2, 0) is 6.42 Å². The van der Waals surface area contributed by atoms with Gasteiger partial charge in [0.1, 0.15) is 0 Å². The smallest absolute Gasteiger partial charge is 0.0208 e. The highest BCUT2D eigenvalue weighted by Gasteiger charge is 2.17. The zero-order valence-corrected chi connectivity index (χ0v) is 30.3. The summed E-state index contributed by atoms with van der Waals surface area (Å²) in [5.74, 6) is 0.184. The molecule has 248 valence electrons. The van der Waals surface area contributed by atoms with Crippen molar-refractivity contribution in [2.24, 2.45) is 5.92 Å². The molecule has 1 aliphatic rings. The summed E-state index contributed by atoms with van der Waals surface area (Å²) in [4.78, 5) is 0.999. The Morgan fingerprint density at radius 2 is 1.59 bits per heavy atom. The summed E-state index contributed by atoms with van der Waals surface area (Å²) in [5, 5.41) is 2.48. The molecule has 1 aliphatic carbocycles. The minimum atomic E-state index is 0.184. The molecule has 0 saturated heterocycles. The van der Waals surface area contributed by atoms with E-state index in [1.165, 1.54) is 34.4 Å². The average molecular weight is 659 g/mol. The minimum absolute atomic E-state index is 0.184. The van der Waals surface area contributed by atoms with Gasteiger partial charge in [0.25, 0.3) is 0 Å². The first-order valence-electron chi connectivity index (χ1n) is 17.4. The molecule has 0 N–H and O–H groups in total. The number of rotatable bonds is 15. The Hall–Kier alpha value is -4.85. The van der Waals surface area contributed by atoms with Crippen LogP contribution in [0.1, 0.15) is 51.2 Å². The fourth-order valence-corrected chi connectivity index (χ4v) is 6.43. The molecule has 1 unspecified atom stereocenters. The third-order valence-electron chi connectivity index (χ3n) is 8.52. The predicted octanol–water partition coefficient (Wildman–Crippen LogP) is 11.8. The van der Waals surface area contributed by atoms with Crippen molar-refractivity contribution in [3.8, 4) is 0 Å². The van der Waals surface area contributed by atoms with E-state index in [0.717, 1.165) is 51.2 Å². The maximum absolute atomic E-state index is 5.20. The molecule has 0 aromatic heterocycles. The van der Waals surface area contributed by atoms with Gasteiger partial charge in [0, 0.05) is 12.3 Å². The minimum Gasteiger partial charge on any atom is -0.147 e. The van der Waals surface area contributed by atoms with Crippen LogP contribution < -0.4 is 10.4 Å². The molecule has 49 heavy (non-hydrogen) atoms. The summed E-state index contributed by atoms with van der Waals surface area (Å²) in [6.45, 7) is 14.9. The first kappa shape index (κ1) is 37.0. The van der Waals surface area contributed by atoms with Crippen LogP contribution in [0, 0.1) is 5.92 Å². The van der Waals surface area contributed by atoms with Crippen LogP contribution in [0.15, 0.2) is 198 Å². The Morgan fingerprint density at radius 3 is 2.29 bits per heavy atom. The molecule has 0 saturated carbocycles. The fraction of sp³-hybridized carbons (Fsp3) is 0.167. The molecule has 0 spiro atoms. The van der Waals surface area contributed by atoms with Crippen molar-refractivity contribution in [3.63, 3.8) is 0 Å². The van der Waals surface area contributed by atoms with E-state index >= 15 is 0 Å². The van der Waals surface area contributed by atoms with E-state index in [1.54, 1.807) is 0 Å². The summed E-state index contributed by atoms with van der Waals surface area (Å²) in [6.07, 6.45) is 32.4. The molecule has 0 radical (unpaired) electrons. The molecule has 0 heterocycles.